The number of hydrogen-bond donors (Lipinski definition) is 0. The molecule has 100 valence electrons. The van der Waals surface area contributed by atoms with Crippen molar-refractivity contribution in [1.82, 2.24) is 19.6 Å². The van der Waals surface area contributed by atoms with Crippen molar-refractivity contribution in [1.29, 1.82) is 0 Å². The van der Waals surface area contributed by atoms with Gasteiger partial charge in [0.25, 0.3) is 5.91 Å². The van der Waals surface area contributed by atoms with Crippen LogP contribution in [0.4, 0.5) is 0 Å². The van der Waals surface area contributed by atoms with E-state index in [9.17, 15) is 4.79 Å². The monoisotopic (exact) mass is 250 g/mol. The zero-order valence-corrected chi connectivity index (χ0v) is 11.5. The maximum atomic E-state index is 12.2. The van der Waals surface area contributed by atoms with Crippen LogP contribution in [-0.4, -0.2) is 51.7 Å². The van der Waals surface area contributed by atoms with E-state index in [-0.39, 0.29) is 5.91 Å². The minimum absolute atomic E-state index is 0.0462. The number of aromatic nitrogens is 2. The highest BCUT2D eigenvalue weighted by molar-refractivity contribution is 5.92. The molecule has 0 saturated heterocycles. The number of carbonyl (C=O) groups excluding carboxylic acids is 1. The number of hydrogen-bond acceptors (Lipinski definition) is 3. The fraction of sp³-hybridized carbons (Fsp3) is 0.692. The van der Waals surface area contributed by atoms with E-state index in [1.165, 1.54) is 0 Å². The van der Waals surface area contributed by atoms with Crippen LogP contribution in [0, 0.1) is 0 Å². The van der Waals surface area contributed by atoms with Crippen molar-refractivity contribution in [3.05, 3.63) is 17.5 Å². The molecular formula is C13H22N4O. The quantitative estimate of drug-likeness (QED) is 0.806. The topological polar surface area (TPSA) is 41.4 Å². The molecule has 18 heavy (non-hydrogen) atoms. The SMILES string of the molecule is CCN1CCn2nc(C(=O)N(CC)CC)cc2C1. The van der Waals surface area contributed by atoms with Crippen molar-refractivity contribution in [2.75, 3.05) is 26.2 Å². The predicted octanol–water partition coefficient (Wildman–Crippen LogP) is 1.20. The fourth-order valence-corrected chi connectivity index (χ4v) is 2.37. The molecule has 0 atom stereocenters. The first-order valence-electron chi connectivity index (χ1n) is 6.77. The van der Waals surface area contributed by atoms with Crippen molar-refractivity contribution in [2.24, 2.45) is 0 Å². The molecule has 1 aliphatic heterocycles. The van der Waals surface area contributed by atoms with Gasteiger partial charge in [-0.15, -0.1) is 0 Å². The summed E-state index contributed by atoms with van der Waals surface area (Å²) in [6.07, 6.45) is 0. The lowest BCUT2D eigenvalue weighted by Crippen LogP contribution is -2.33. The van der Waals surface area contributed by atoms with Gasteiger partial charge in [-0.05, 0) is 26.5 Å². The first-order valence-corrected chi connectivity index (χ1v) is 6.77. The van der Waals surface area contributed by atoms with Crippen LogP contribution in [-0.2, 0) is 13.1 Å². The van der Waals surface area contributed by atoms with Crippen LogP contribution in [0.5, 0.6) is 0 Å². The van der Waals surface area contributed by atoms with Crippen LogP contribution in [0.3, 0.4) is 0 Å². The number of likely N-dealkylation sites (N-methyl/N-ethyl adjacent to an activating group) is 1. The Balaban J connectivity index is 2.17. The van der Waals surface area contributed by atoms with E-state index in [4.69, 9.17) is 0 Å². The number of nitrogens with zero attached hydrogens (tertiary/aromatic N) is 4. The Morgan fingerprint density at radius 1 is 1.33 bits per heavy atom. The molecule has 5 heteroatoms. The van der Waals surface area contributed by atoms with Gasteiger partial charge >= 0.3 is 0 Å². The van der Waals surface area contributed by atoms with E-state index < -0.39 is 0 Å². The third kappa shape index (κ3) is 2.41. The van der Waals surface area contributed by atoms with Crippen molar-refractivity contribution < 1.29 is 4.79 Å². The summed E-state index contributed by atoms with van der Waals surface area (Å²) in [5.41, 5.74) is 1.74. The lowest BCUT2D eigenvalue weighted by molar-refractivity contribution is 0.0766. The number of fused-ring (bicyclic) bond motifs is 1. The van der Waals surface area contributed by atoms with Crippen molar-refractivity contribution >= 4 is 5.91 Å². The normalized spacial score (nSPS) is 15.5. The van der Waals surface area contributed by atoms with Crippen LogP contribution in [0.25, 0.3) is 0 Å². The summed E-state index contributed by atoms with van der Waals surface area (Å²) in [5.74, 6) is 0.0462. The van der Waals surface area contributed by atoms with Crippen molar-refractivity contribution in [3.63, 3.8) is 0 Å². The summed E-state index contributed by atoms with van der Waals surface area (Å²) in [7, 11) is 0. The number of amides is 1. The summed E-state index contributed by atoms with van der Waals surface area (Å²) in [4.78, 5) is 16.4. The van der Waals surface area contributed by atoms with Gasteiger partial charge in [-0.25, -0.2) is 0 Å². The second-order valence-electron chi connectivity index (χ2n) is 4.59. The zero-order valence-electron chi connectivity index (χ0n) is 11.5. The van der Waals surface area contributed by atoms with E-state index in [0.29, 0.717) is 5.69 Å². The molecule has 0 radical (unpaired) electrons. The Bertz CT molecular complexity index is 423. The van der Waals surface area contributed by atoms with Crippen LogP contribution in [0.1, 0.15) is 37.0 Å². The molecule has 2 rings (SSSR count). The zero-order chi connectivity index (χ0) is 13.1. The molecule has 1 aromatic heterocycles. The highest BCUT2D eigenvalue weighted by Crippen LogP contribution is 2.14. The van der Waals surface area contributed by atoms with E-state index in [1.807, 2.05) is 29.5 Å². The molecular weight excluding hydrogens is 228 g/mol. The van der Waals surface area contributed by atoms with Crippen LogP contribution in [0.2, 0.25) is 0 Å². The molecule has 5 nitrogen and oxygen atoms in total. The highest BCUT2D eigenvalue weighted by Gasteiger charge is 2.21. The van der Waals surface area contributed by atoms with Gasteiger partial charge in [-0.3, -0.25) is 14.4 Å². The Kier molecular flexibility index (Phi) is 4.01. The molecule has 0 N–H and O–H groups in total. The Morgan fingerprint density at radius 2 is 2.06 bits per heavy atom. The summed E-state index contributed by atoms with van der Waals surface area (Å²) >= 11 is 0. The average Bonchev–Trinajstić information content (AvgIpc) is 2.82. The standard InChI is InChI=1S/C13H22N4O/c1-4-15-7-8-17-11(10-15)9-12(14-17)13(18)16(5-2)6-3/h9H,4-8,10H2,1-3H3. The van der Waals surface area contributed by atoms with Gasteiger partial charge in [0.05, 0.1) is 12.2 Å². The first-order chi connectivity index (χ1) is 8.69. The molecule has 1 aromatic rings. The maximum Gasteiger partial charge on any atom is 0.274 e. The lowest BCUT2D eigenvalue weighted by atomic mass is 10.2. The Morgan fingerprint density at radius 3 is 2.67 bits per heavy atom. The number of rotatable bonds is 4. The minimum atomic E-state index is 0.0462. The molecule has 0 aliphatic carbocycles. The van der Waals surface area contributed by atoms with Gasteiger partial charge in [-0.2, -0.15) is 5.10 Å². The third-order valence-electron chi connectivity index (χ3n) is 3.59. The van der Waals surface area contributed by atoms with Crippen LogP contribution >= 0.6 is 0 Å². The largest absolute Gasteiger partial charge is 0.338 e. The molecule has 0 unspecified atom stereocenters. The van der Waals surface area contributed by atoms with Gasteiger partial charge in [0.1, 0.15) is 0 Å². The molecule has 0 fully saturated rings. The smallest absolute Gasteiger partial charge is 0.274 e. The van der Waals surface area contributed by atoms with E-state index in [0.717, 1.165) is 45.0 Å². The average molecular weight is 250 g/mol. The van der Waals surface area contributed by atoms with Crippen LogP contribution in [0.15, 0.2) is 6.07 Å². The van der Waals surface area contributed by atoms with E-state index in [1.54, 1.807) is 0 Å². The predicted molar refractivity (Wildman–Crippen MR) is 70.4 cm³/mol. The van der Waals surface area contributed by atoms with E-state index >= 15 is 0 Å². The van der Waals surface area contributed by atoms with Gasteiger partial charge in [0.15, 0.2) is 5.69 Å². The number of carbonyl (C=O) groups is 1. The first kappa shape index (κ1) is 13.1. The van der Waals surface area contributed by atoms with Crippen molar-refractivity contribution in [3.8, 4) is 0 Å². The molecule has 1 aliphatic rings. The Hall–Kier alpha value is -1.36. The van der Waals surface area contributed by atoms with Gasteiger partial charge in [-0.1, -0.05) is 6.92 Å². The lowest BCUT2D eigenvalue weighted by Gasteiger charge is -2.25. The summed E-state index contributed by atoms with van der Waals surface area (Å²) in [5, 5.41) is 4.44. The molecule has 1 amide bonds. The molecule has 0 aromatic carbocycles. The highest BCUT2D eigenvalue weighted by atomic mass is 16.2. The van der Waals surface area contributed by atoms with Gasteiger partial charge in [0, 0.05) is 26.2 Å². The molecule has 0 bridgehead atoms. The summed E-state index contributed by atoms with van der Waals surface area (Å²) in [6, 6.07) is 1.95. The van der Waals surface area contributed by atoms with Gasteiger partial charge in [0.2, 0.25) is 0 Å². The Labute approximate surface area is 108 Å². The molecule has 2 heterocycles. The fourth-order valence-electron chi connectivity index (χ4n) is 2.37. The molecule has 0 spiro atoms. The summed E-state index contributed by atoms with van der Waals surface area (Å²) < 4.78 is 1.98. The van der Waals surface area contributed by atoms with Crippen LogP contribution < -0.4 is 0 Å². The second kappa shape index (κ2) is 5.52. The van der Waals surface area contributed by atoms with E-state index in [2.05, 4.69) is 16.9 Å². The van der Waals surface area contributed by atoms with Crippen molar-refractivity contribution in [2.45, 2.75) is 33.9 Å². The third-order valence-corrected chi connectivity index (χ3v) is 3.59. The maximum absolute atomic E-state index is 12.2. The summed E-state index contributed by atoms with van der Waals surface area (Å²) in [6.45, 7) is 11.5. The second-order valence-corrected chi connectivity index (χ2v) is 4.59. The minimum Gasteiger partial charge on any atom is -0.338 e. The van der Waals surface area contributed by atoms with Gasteiger partial charge < -0.3 is 4.90 Å². The molecule has 0 saturated carbocycles.